The Bertz CT molecular complexity index is 850. The second-order valence-corrected chi connectivity index (χ2v) is 6.93. The molecule has 0 unspecified atom stereocenters. The zero-order valence-corrected chi connectivity index (χ0v) is 14.9. The average molecular weight is 378 g/mol. The predicted molar refractivity (Wildman–Crippen MR) is 97.5 cm³/mol. The minimum atomic E-state index is 0.0521. The normalized spacial score (nSPS) is 10.6. The first-order valence-corrected chi connectivity index (χ1v) is 8.86. The smallest absolute Gasteiger partial charge is 0.146 e. The van der Waals surface area contributed by atoms with Gasteiger partial charge in [-0.3, -0.25) is 4.79 Å². The van der Waals surface area contributed by atoms with Gasteiger partial charge in [0.25, 0.3) is 0 Å². The van der Waals surface area contributed by atoms with E-state index in [2.05, 4.69) is 4.98 Å². The molecule has 3 rings (SSSR count). The SMILES string of the molecule is O=C(Cc1nccs1)Cc1cc(Cl)ccc1Oc1ccccc1Cl. The van der Waals surface area contributed by atoms with E-state index < -0.39 is 0 Å². The monoisotopic (exact) mass is 377 g/mol. The van der Waals surface area contributed by atoms with E-state index in [1.807, 2.05) is 17.5 Å². The van der Waals surface area contributed by atoms with E-state index in [1.165, 1.54) is 11.3 Å². The van der Waals surface area contributed by atoms with Crippen LogP contribution in [0, 0.1) is 0 Å². The molecule has 2 aromatic carbocycles. The standard InChI is InChI=1S/C18H13Cl2NO2S/c19-13-5-6-16(23-17-4-2-1-3-15(17)20)12(9-13)10-14(22)11-18-21-7-8-24-18/h1-9H,10-11H2. The molecule has 0 radical (unpaired) electrons. The molecule has 0 bridgehead atoms. The zero-order valence-electron chi connectivity index (χ0n) is 12.5. The lowest BCUT2D eigenvalue weighted by Gasteiger charge is -2.12. The molecular weight excluding hydrogens is 365 g/mol. The lowest BCUT2D eigenvalue weighted by molar-refractivity contribution is -0.117. The van der Waals surface area contributed by atoms with E-state index in [0.29, 0.717) is 28.0 Å². The third-order valence-electron chi connectivity index (χ3n) is 3.30. The molecule has 0 N–H and O–H groups in total. The third kappa shape index (κ3) is 4.35. The Balaban J connectivity index is 1.80. The van der Waals surface area contributed by atoms with Gasteiger partial charge in [-0.25, -0.2) is 4.98 Å². The highest BCUT2D eigenvalue weighted by Crippen LogP contribution is 2.32. The summed E-state index contributed by atoms with van der Waals surface area (Å²) < 4.78 is 5.88. The zero-order chi connectivity index (χ0) is 16.9. The minimum Gasteiger partial charge on any atom is -0.456 e. The minimum absolute atomic E-state index is 0.0521. The second-order valence-electron chi connectivity index (χ2n) is 5.10. The fraction of sp³-hybridized carbons (Fsp3) is 0.111. The summed E-state index contributed by atoms with van der Waals surface area (Å²) in [5, 5.41) is 3.72. The highest BCUT2D eigenvalue weighted by Gasteiger charge is 2.13. The van der Waals surface area contributed by atoms with Gasteiger partial charge >= 0.3 is 0 Å². The van der Waals surface area contributed by atoms with Crippen LogP contribution in [0.1, 0.15) is 10.6 Å². The Morgan fingerprint density at radius 3 is 2.67 bits per heavy atom. The molecule has 0 amide bonds. The number of hydrogen-bond donors (Lipinski definition) is 0. The van der Waals surface area contributed by atoms with Crippen LogP contribution < -0.4 is 4.74 Å². The first kappa shape index (κ1) is 17.0. The summed E-state index contributed by atoms with van der Waals surface area (Å²) >= 11 is 13.7. The van der Waals surface area contributed by atoms with Gasteiger partial charge in [-0.05, 0) is 30.3 Å². The molecule has 0 spiro atoms. The van der Waals surface area contributed by atoms with E-state index >= 15 is 0 Å². The molecule has 0 aliphatic carbocycles. The van der Waals surface area contributed by atoms with Crippen LogP contribution in [-0.4, -0.2) is 10.8 Å². The van der Waals surface area contributed by atoms with Gasteiger partial charge in [0.15, 0.2) is 0 Å². The molecule has 1 heterocycles. The number of aromatic nitrogens is 1. The molecule has 0 aliphatic heterocycles. The first-order valence-electron chi connectivity index (χ1n) is 7.22. The van der Waals surface area contributed by atoms with E-state index in [1.54, 1.807) is 36.5 Å². The number of thiazole rings is 1. The number of carbonyl (C=O) groups is 1. The average Bonchev–Trinajstić information content (AvgIpc) is 3.04. The maximum absolute atomic E-state index is 12.3. The number of halogens is 2. The number of rotatable bonds is 6. The molecule has 3 nitrogen and oxygen atoms in total. The number of para-hydroxylation sites is 1. The van der Waals surface area contributed by atoms with Gasteiger partial charge in [-0.1, -0.05) is 35.3 Å². The van der Waals surface area contributed by atoms with Crippen LogP contribution in [0.3, 0.4) is 0 Å². The van der Waals surface area contributed by atoms with Crippen molar-refractivity contribution >= 4 is 40.3 Å². The van der Waals surface area contributed by atoms with Crippen molar-refractivity contribution < 1.29 is 9.53 Å². The Kier molecular flexibility index (Phi) is 5.51. The van der Waals surface area contributed by atoms with Crippen LogP contribution in [0.15, 0.2) is 54.0 Å². The maximum Gasteiger partial charge on any atom is 0.146 e. The van der Waals surface area contributed by atoms with Gasteiger partial charge in [0.2, 0.25) is 0 Å². The molecule has 122 valence electrons. The number of hydrogen-bond acceptors (Lipinski definition) is 4. The van der Waals surface area contributed by atoms with Gasteiger partial charge in [-0.15, -0.1) is 11.3 Å². The maximum atomic E-state index is 12.3. The summed E-state index contributed by atoms with van der Waals surface area (Å²) in [6.07, 6.45) is 2.22. The highest BCUT2D eigenvalue weighted by atomic mass is 35.5. The molecule has 6 heteroatoms. The fourth-order valence-corrected chi connectivity index (χ4v) is 3.23. The number of benzene rings is 2. The quantitative estimate of drug-likeness (QED) is 0.561. The Morgan fingerprint density at radius 1 is 1.08 bits per heavy atom. The fourth-order valence-electron chi connectivity index (χ4n) is 2.22. The molecule has 0 atom stereocenters. The molecule has 24 heavy (non-hydrogen) atoms. The van der Waals surface area contributed by atoms with E-state index in [-0.39, 0.29) is 12.2 Å². The van der Waals surface area contributed by atoms with Crippen LogP contribution >= 0.6 is 34.5 Å². The van der Waals surface area contributed by atoms with Crippen molar-refractivity contribution in [2.75, 3.05) is 0 Å². The Hall–Kier alpha value is -1.88. The molecule has 0 aliphatic rings. The summed E-state index contributed by atoms with van der Waals surface area (Å²) in [5.41, 5.74) is 0.726. The van der Waals surface area contributed by atoms with Crippen molar-refractivity contribution in [3.05, 3.63) is 74.7 Å². The van der Waals surface area contributed by atoms with Crippen molar-refractivity contribution in [2.45, 2.75) is 12.8 Å². The van der Waals surface area contributed by atoms with Crippen LogP contribution in [-0.2, 0) is 17.6 Å². The predicted octanol–water partition coefficient (Wildman–Crippen LogP) is 5.60. The van der Waals surface area contributed by atoms with Gasteiger partial charge < -0.3 is 4.74 Å². The lowest BCUT2D eigenvalue weighted by Crippen LogP contribution is -2.07. The van der Waals surface area contributed by atoms with Crippen LogP contribution in [0.2, 0.25) is 10.0 Å². The van der Waals surface area contributed by atoms with Gasteiger partial charge in [0, 0.05) is 28.6 Å². The molecule has 0 fully saturated rings. The second kappa shape index (κ2) is 7.79. The van der Waals surface area contributed by atoms with Gasteiger partial charge in [-0.2, -0.15) is 0 Å². The number of Topliss-reactive ketones (excluding diaryl/α,β-unsaturated/α-hetero) is 1. The molecule has 0 saturated carbocycles. The Labute approximate surface area is 153 Å². The molecular formula is C18H13Cl2NO2S. The molecule has 1 aromatic heterocycles. The topological polar surface area (TPSA) is 39.2 Å². The summed E-state index contributed by atoms with van der Waals surface area (Å²) in [6, 6.07) is 12.4. The first-order chi connectivity index (χ1) is 11.6. The van der Waals surface area contributed by atoms with Crippen molar-refractivity contribution in [1.82, 2.24) is 4.98 Å². The lowest BCUT2D eigenvalue weighted by atomic mass is 10.1. The van der Waals surface area contributed by atoms with Crippen LogP contribution in [0.5, 0.6) is 11.5 Å². The molecule has 3 aromatic rings. The van der Waals surface area contributed by atoms with Crippen molar-refractivity contribution in [1.29, 1.82) is 0 Å². The number of ether oxygens (including phenoxy) is 1. The third-order valence-corrected chi connectivity index (χ3v) is 4.63. The summed E-state index contributed by atoms with van der Waals surface area (Å²) in [6.45, 7) is 0. The Morgan fingerprint density at radius 2 is 1.92 bits per heavy atom. The van der Waals surface area contributed by atoms with Crippen molar-refractivity contribution in [3.63, 3.8) is 0 Å². The van der Waals surface area contributed by atoms with Crippen molar-refractivity contribution in [2.24, 2.45) is 0 Å². The van der Waals surface area contributed by atoms with Crippen LogP contribution in [0.4, 0.5) is 0 Å². The highest BCUT2D eigenvalue weighted by molar-refractivity contribution is 7.09. The number of nitrogens with zero attached hydrogens (tertiary/aromatic N) is 1. The number of ketones is 1. The van der Waals surface area contributed by atoms with E-state index in [0.717, 1.165) is 10.6 Å². The van der Waals surface area contributed by atoms with Crippen LogP contribution in [0.25, 0.3) is 0 Å². The summed E-state index contributed by atoms with van der Waals surface area (Å²) in [4.78, 5) is 16.4. The van der Waals surface area contributed by atoms with Gasteiger partial charge in [0.1, 0.15) is 17.3 Å². The van der Waals surface area contributed by atoms with Gasteiger partial charge in [0.05, 0.1) is 16.5 Å². The molecule has 0 saturated heterocycles. The summed E-state index contributed by atoms with van der Waals surface area (Å²) in [5.74, 6) is 1.16. The summed E-state index contributed by atoms with van der Waals surface area (Å²) in [7, 11) is 0. The van der Waals surface area contributed by atoms with E-state index in [9.17, 15) is 4.79 Å². The van der Waals surface area contributed by atoms with Crippen molar-refractivity contribution in [3.8, 4) is 11.5 Å². The van der Waals surface area contributed by atoms with E-state index in [4.69, 9.17) is 27.9 Å². The number of carbonyl (C=O) groups excluding carboxylic acids is 1. The largest absolute Gasteiger partial charge is 0.456 e.